The maximum atomic E-state index is 8.16. The van der Waals surface area contributed by atoms with Crippen LogP contribution in [-0.4, -0.2) is 21.7 Å². The Morgan fingerprint density at radius 3 is 2.50 bits per heavy atom. The highest BCUT2D eigenvalue weighted by molar-refractivity contribution is 9.09. The summed E-state index contributed by atoms with van der Waals surface area (Å²) in [7, 11) is -2.13. The molecule has 0 aromatic carbocycles. The van der Waals surface area contributed by atoms with Gasteiger partial charge in [-0.2, -0.15) is 0 Å². The number of hydrogen-bond acceptors (Lipinski definition) is 3. The summed E-state index contributed by atoms with van der Waals surface area (Å²) in [5.74, 6) is 0. The molecule has 5 heteroatoms. The maximum absolute atomic E-state index is 8.16. The summed E-state index contributed by atoms with van der Waals surface area (Å²) in [5, 5.41) is 0.830. The molecule has 0 aromatic heterocycles. The van der Waals surface area contributed by atoms with Gasteiger partial charge in [-0.3, -0.25) is 0 Å². The van der Waals surface area contributed by atoms with Gasteiger partial charge in [0.15, 0.2) is 0 Å². The molecule has 0 bridgehead atoms. The first-order valence-electron chi connectivity index (χ1n) is 2.14. The molecule has 0 aliphatic heterocycles. The van der Waals surface area contributed by atoms with E-state index in [-0.39, 0.29) is 0 Å². The van der Waals surface area contributed by atoms with Crippen molar-refractivity contribution >= 4 is 24.5 Å². The molecule has 50 valence electrons. The van der Waals surface area contributed by atoms with Crippen molar-refractivity contribution in [3.63, 3.8) is 0 Å². The van der Waals surface area contributed by atoms with E-state index in [0.717, 1.165) is 11.8 Å². The van der Waals surface area contributed by atoms with E-state index < -0.39 is 8.60 Å². The van der Waals surface area contributed by atoms with Gasteiger partial charge in [0, 0.05) is 5.33 Å². The highest BCUT2D eigenvalue weighted by atomic mass is 79.9. The van der Waals surface area contributed by atoms with Crippen molar-refractivity contribution in [2.75, 3.05) is 11.9 Å². The fourth-order valence-electron chi connectivity index (χ4n) is 0.201. The topological polar surface area (TPSA) is 49.7 Å². The Labute approximate surface area is 57.8 Å². The van der Waals surface area contributed by atoms with Crippen molar-refractivity contribution in [2.45, 2.75) is 6.42 Å². The zero-order chi connectivity index (χ0) is 6.41. The molecule has 0 spiro atoms. The molecule has 0 aliphatic carbocycles. The van der Waals surface area contributed by atoms with Crippen molar-refractivity contribution in [3.05, 3.63) is 0 Å². The second kappa shape index (κ2) is 5.92. The van der Waals surface area contributed by atoms with Crippen molar-refractivity contribution in [2.24, 2.45) is 0 Å². The summed E-state index contributed by atoms with van der Waals surface area (Å²) in [5.41, 5.74) is 0. The molecule has 0 aliphatic rings. The van der Waals surface area contributed by atoms with E-state index in [1.165, 1.54) is 0 Å². The molecule has 0 heterocycles. The van der Waals surface area contributed by atoms with Crippen molar-refractivity contribution in [1.82, 2.24) is 0 Å². The largest absolute Gasteiger partial charge is 0.328 e. The maximum Gasteiger partial charge on any atom is 0.327 e. The van der Waals surface area contributed by atoms with Crippen LogP contribution in [0.2, 0.25) is 0 Å². The lowest BCUT2D eigenvalue weighted by Crippen LogP contribution is -1.88. The Hall–Kier alpha value is 0.790. The fraction of sp³-hybridized carbons (Fsp3) is 1.00. The van der Waals surface area contributed by atoms with E-state index in [2.05, 4.69) is 20.5 Å². The minimum atomic E-state index is -2.13. The van der Waals surface area contributed by atoms with Gasteiger partial charge in [0.1, 0.15) is 0 Å². The quantitative estimate of drug-likeness (QED) is 0.407. The van der Waals surface area contributed by atoms with Gasteiger partial charge in [0.2, 0.25) is 0 Å². The number of alkyl halides is 1. The lowest BCUT2D eigenvalue weighted by molar-refractivity contribution is 0.256. The highest BCUT2D eigenvalue weighted by Crippen LogP contribution is 2.23. The predicted octanol–water partition coefficient (Wildman–Crippen LogP) is 0.999. The molecule has 0 atom stereocenters. The average Bonchev–Trinajstić information content (AvgIpc) is 1.66. The molecule has 0 amide bonds. The van der Waals surface area contributed by atoms with Crippen molar-refractivity contribution in [3.8, 4) is 0 Å². The summed E-state index contributed by atoms with van der Waals surface area (Å²) >= 11 is 3.16. The van der Waals surface area contributed by atoms with Gasteiger partial charge in [0.05, 0.1) is 6.61 Å². The molecule has 0 rings (SSSR count). The van der Waals surface area contributed by atoms with Crippen LogP contribution < -0.4 is 0 Å². The van der Waals surface area contributed by atoms with Crippen LogP contribution in [0.4, 0.5) is 0 Å². The zero-order valence-electron chi connectivity index (χ0n) is 4.25. The third-order valence-corrected chi connectivity index (χ3v) is 1.46. The van der Waals surface area contributed by atoms with E-state index >= 15 is 0 Å². The Morgan fingerprint density at radius 2 is 2.12 bits per heavy atom. The first kappa shape index (κ1) is 8.79. The fourth-order valence-corrected chi connectivity index (χ4v) is 0.722. The first-order valence-corrected chi connectivity index (χ1v) is 4.43. The van der Waals surface area contributed by atoms with Crippen LogP contribution in [0.1, 0.15) is 6.42 Å². The Kier molecular flexibility index (Phi) is 6.50. The van der Waals surface area contributed by atoms with Crippen LogP contribution in [0, 0.1) is 0 Å². The summed E-state index contributed by atoms with van der Waals surface area (Å²) in [6.45, 7) is 0.407. The van der Waals surface area contributed by atoms with Gasteiger partial charge in [-0.15, -0.1) is 0 Å². The standard InChI is InChI=1S/C3H8BrO3P/c4-2-1-3-7-8(5)6/h5-6H,1-3H2. The number of halogens is 1. The van der Waals surface area contributed by atoms with E-state index in [1.807, 2.05) is 0 Å². The van der Waals surface area contributed by atoms with Crippen LogP contribution in [0.25, 0.3) is 0 Å². The Bertz CT molecular complexity index is 51.8. The number of hydrogen-bond donors (Lipinski definition) is 2. The van der Waals surface area contributed by atoms with Crippen LogP contribution in [0.5, 0.6) is 0 Å². The number of rotatable bonds is 4. The summed E-state index contributed by atoms with van der Waals surface area (Å²) in [6, 6.07) is 0. The lowest BCUT2D eigenvalue weighted by Gasteiger charge is -1.99. The second-order valence-corrected chi connectivity index (χ2v) is 2.69. The SMILES string of the molecule is OP(O)OCCCBr. The highest BCUT2D eigenvalue weighted by Gasteiger charge is 1.95. The van der Waals surface area contributed by atoms with E-state index in [9.17, 15) is 0 Å². The lowest BCUT2D eigenvalue weighted by atomic mass is 10.5. The van der Waals surface area contributed by atoms with Crippen LogP contribution in [0.15, 0.2) is 0 Å². The average molecular weight is 203 g/mol. The normalized spacial score (nSPS) is 10.5. The van der Waals surface area contributed by atoms with Gasteiger partial charge in [-0.1, -0.05) is 15.9 Å². The second-order valence-electron chi connectivity index (χ2n) is 1.13. The van der Waals surface area contributed by atoms with E-state index in [4.69, 9.17) is 9.79 Å². The molecule has 0 radical (unpaired) electrons. The molecule has 0 unspecified atom stereocenters. The van der Waals surface area contributed by atoms with Crippen LogP contribution in [-0.2, 0) is 4.52 Å². The molecular weight excluding hydrogens is 195 g/mol. The molecule has 8 heavy (non-hydrogen) atoms. The van der Waals surface area contributed by atoms with E-state index in [1.54, 1.807) is 0 Å². The summed E-state index contributed by atoms with van der Waals surface area (Å²) in [6.07, 6.45) is 0.806. The van der Waals surface area contributed by atoms with Gasteiger partial charge in [-0.25, -0.2) is 0 Å². The molecular formula is C3H8BrO3P. The molecule has 0 aromatic rings. The molecule has 3 nitrogen and oxygen atoms in total. The Balaban J connectivity index is 2.72. The molecule has 2 N–H and O–H groups in total. The molecule has 0 fully saturated rings. The first-order chi connectivity index (χ1) is 3.77. The van der Waals surface area contributed by atoms with Crippen molar-refractivity contribution < 1.29 is 14.3 Å². The van der Waals surface area contributed by atoms with Crippen LogP contribution in [0.3, 0.4) is 0 Å². The van der Waals surface area contributed by atoms with Gasteiger partial charge in [0.25, 0.3) is 0 Å². The minimum absolute atomic E-state index is 0.407. The Morgan fingerprint density at radius 1 is 1.50 bits per heavy atom. The molecule has 0 saturated heterocycles. The van der Waals surface area contributed by atoms with Crippen LogP contribution >= 0.6 is 24.5 Å². The third-order valence-electron chi connectivity index (χ3n) is 0.485. The van der Waals surface area contributed by atoms with Gasteiger partial charge < -0.3 is 14.3 Å². The van der Waals surface area contributed by atoms with E-state index in [0.29, 0.717) is 6.61 Å². The summed E-state index contributed by atoms with van der Waals surface area (Å²) < 4.78 is 4.43. The molecule has 0 saturated carbocycles. The van der Waals surface area contributed by atoms with Gasteiger partial charge in [-0.05, 0) is 6.42 Å². The summed E-state index contributed by atoms with van der Waals surface area (Å²) in [4.78, 5) is 16.3. The monoisotopic (exact) mass is 202 g/mol. The minimum Gasteiger partial charge on any atom is -0.328 e. The van der Waals surface area contributed by atoms with Gasteiger partial charge >= 0.3 is 8.60 Å². The predicted molar refractivity (Wildman–Crippen MR) is 35.7 cm³/mol. The zero-order valence-corrected chi connectivity index (χ0v) is 6.73. The third kappa shape index (κ3) is 6.79. The smallest absolute Gasteiger partial charge is 0.327 e. The van der Waals surface area contributed by atoms with Crippen molar-refractivity contribution in [1.29, 1.82) is 0 Å².